The van der Waals surface area contributed by atoms with E-state index in [2.05, 4.69) is 25.6 Å². The Morgan fingerprint density at radius 1 is 1.04 bits per heavy atom. The number of urea groups is 1. The maximum absolute atomic E-state index is 11.9. The van der Waals surface area contributed by atoms with Gasteiger partial charge in [0.25, 0.3) is 0 Å². The maximum atomic E-state index is 11.9. The molecular weight excluding hydrogens is 370 g/mol. The molecule has 3 aromatic rings. The zero-order valence-corrected chi connectivity index (χ0v) is 15.4. The van der Waals surface area contributed by atoms with Crippen LogP contribution >= 0.6 is 23.5 Å². The number of rotatable bonds is 7. The van der Waals surface area contributed by atoms with Gasteiger partial charge < -0.3 is 15.4 Å². The van der Waals surface area contributed by atoms with E-state index in [1.807, 2.05) is 48.5 Å². The number of hydrogen-bond donors (Lipinski definition) is 4. The van der Waals surface area contributed by atoms with Crippen LogP contribution in [0.3, 0.4) is 0 Å². The molecule has 1 aromatic heterocycles. The van der Waals surface area contributed by atoms with Crippen LogP contribution in [0.4, 0.5) is 16.2 Å². The van der Waals surface area contributed by atoms with Crippen molar-refractivity contribution in [3.8, 4) is 0 Å². The summed E-state index contributed by atoms with van der Waals surface area (Å²) in [4.78, 5) is 11.9. The van der Waals surface area contributed by atoms with Crippen molar-refractivity contribution in [3.05, 3.63) is 77.1 Å². The van der Waals surface area contributed by atoms with Crippen molar-refractivity contribution in [1.29, 1.82) is 0 Å². The number of anilines is 2. The molecule has 0 unspecified atom stereocenters. The molecule has 0 bridgehead atoms. The number of aromatic amines is 1. The van der Waals surface area contributed by atoms with Crippen LogP contribution in [0.1, 0.15) is 11.1 Å². The van der Waals surface area contributed by atoms with Gasteiger partial charge in [-0.25, -0.2) is 4.79 Å². The number of benzene rings is 2. The van der Waals surface area contributed by atoms with Gasteiger partial charge in [-0.2, -0.15) is 5.10 Å². The van der Waals surface area contributed by atoms with Gasteiger partial charge in [-0.3, -0.25) is 5.10 Å². The Hall–Kier alpha value is -2.64. The number of aromatic nitrogens is 2. The molecule has 0 spiro atoms. The maximum Gasteiger partial charge on any atom is 0.319 e. The Morgan fingerprint density at radius 2 is 1.77 bits per heavy atom. The summed E-state index contributed by atoms with van der Waals surface area (Å²) < 4.78 is 3.28. The lowest BCUT2D eigenvalue weighted by atomic mass is 10.2. The third kappa shape index (κ3) is 5.72. The molecular formula is C18H18ClN5OS. The molecule has 8 heteroatoms. The number of nitrogens with one attached hydrogen (secondary N) is 4. The van der Waals surface area contributed by atoms with Crippen LogP contribution in [0.25, 0.3) is 0 Å². The van der Waals surface area contributed by atoms with Crippen LogP contribution in [-0.4, -0.2) is 16.2 Å². The van der Waals surface area contributed by atoms with Crippen molar-refractivity contribution in [1.82, 2.24) is 15.5 Å². The molecule has 0 fully saturated rings. The highest BCUT2D eigenvalue weighted by atomic mass is 35.5. The highest BCUT2D eigenvalue weighted by Gasteiger charge is 2.03. The summed E-state index contributed by atoms with van der Waals surface area (Å²) in [6.45, 7) is 0.420. The van der Waals surface area contributed by atoms with Gasteiger partial charge >= 0.3 is 6.03 Å². The van der Waals surface area contributed by atoms with E-state index in [-0.39, 0.29) is 6.03 Å². The highest BCUT2D eigenvalue weighted by Crippen LogP contribution is 2.20. The number of H-pyrrole nitrogens is 1. The van der Waals surface area contributed by atoms with Crippen molar-refractivity contribution < 1.29 is 4.79 Å². The van der Waals surface area contributed by atoms with E-state index < -0.39 is 0 Å². The second-order valence-corrected chi connectivity index (χ2v) is 6.73. The summed E-state index contributed by atoms with van der Waals surface area (Å²) in [5.74, 6) is 0.827. The molecule has 134 valence electrons. The first-order chi connectivity index (χ1) is 12.7. The van der Waals surface area contributed by atoms with E-state index in [0.29, 0.717) is 6.54 Å². The molecule has 26 heavy (non-hydrogen) atoms. The van der Waals surface area contributed by atoms with Crippen molar-refractivity contribution in [2.45, 2.75) is 12.3 Å². The quantitative estimate of drug-likeness (QED) is 0.445. The number of carbonyl (C=O) groups is 1. The molecule has 6 nitrogen and oxygen atoms in total. The smallest absolute Gasteiger partial charge is 0.319 e. The second kappa shape index (κ2) is 9.17. The zero-order chi connectivity index (χ0) is 18.2. The van der Waals surface area contributed by atoms with Gasteiger partial charge in [0.2, 0.25) is 0 Å². The predicted molar refractivity (Wildman–Crippen MR) is 107 cm³/mol. The summed E-state index contributed by atoms with van der Waals surface area (Å²) in [6.07, 6.45) is 3.41. The highest BCUT2D eigenvalue weighted by molar-refractivity contribution is 7.99. The average molecular weight is 388 g/mol. The molecule has 3 rings (SSSR count). The van der Waals surface area contributed by atoms with E-state index in [4.69, 9.17) is 11.6 Å². The minimum Gasteiger partial charge on any atom is -0.334 e. The molecule has 1 heterocycles. The Labute approximate surface area is 160 Å². The molecule has 0 aliphatic heterocycles. The summed E-state index contributed by atoms with van der Waals surface area (Å²) >= 11 is 7.47. The predicted octanol–water partition coefficient (Wildman–Crippen LogP) is 4.65. The van der Waals surface area contributed by atoms with Crippen LogP contribution < -0.4 is 15.4 Å². The van der Waals surface area contributed by atoms with Gasteiger partial charge in [-0.05, 0) is 53.9 Å². The van der Waals surface area contributed by atoms with Gasteiger partial charge in [-0.1, -0.05) is 23.7 Å². The van der Waals surface area contributed by atoms with Crippen LogP contribution in [0.5, 0.6) is 0 Å². The molecule has 2 amide bonds. The zero-order valence-electron chi connectivity index (χ0n) is 13.8. The number of hydrogen-bond acceptors (Lipinski definition) is 4. The first kappa shape index (κ1) is 18.2. The summed E-state index contributed by atoms with van der Waals surface area (Å²) in [5.41, 5.74) is 3.80. The second-order valence-electron chi connectivity index (χ2n) is 5.51. The van der Waals surface area contributed by atoms with Gasteiger partial charge in [0.1, 0.15) is 0 Å². The minimum atomic E-state index is -0.260. The Bertz CT molecular complexity index is 822. The Kier molecular flexibility index (Phi) is 6.40. The molecule has 2 aromatic carbocycles. The lowest BCUT2D eigenvalue weighted by Gasteiger charge is -2.09. The number of amides is 2. The molecule has 0 atom stereocenters. The largest absolute Gasteiger partial charge is 0.334 e. The van der Waals surface area contributed by atoms with Gasteiger partial charge in [0, 0.05) is 40.5 Å². The number of halogens is 1. The van der Waals surface area contributed by atoms with Crippen LogP contribution in [0, 0.1) is 0 Å². The van der Waals surface area contributed by atoms with Gasteiger partial charge in [-0.15, -0.1) is 0 Å². The van der Waals surface area contributed by atoms with Crippen molar-refractivity contribution in [3.63, 3.8) is 0 Å². The SMILES string of the molecule is O=C(NCc1cn[nH]c1)Nc1ccc(NSCc2ccc(Cl)cc2)cc1. The minimum absolute atomic E-state index is 0.260. The van der Waals surface area contributed by atoms with E-state index in [9.17, 15) is 4.79 Å². The van der Waals surface area contributed by atoms with E-state index in [1.54, 1.807) is 24.3 Å². The normalized spacial score (nSPS) is 10.3. The standard InChI is InChI=1S/C18H18ClN5OS/c19-15-3-1-13(2-4-15)12-26-24-17-7-5-16(6-8-17)23-18(25)20-9-14-10-21-22-11-14/h1-8,10-11,24H,9,12H2,(H,21,22)(H2,20,23,25). The fourth-order valence-corrected chi connectivity index (χ4v) is 3.00. The van der Waals surface area contributed by atoms with Crippen molar-refractivity contribution in [2.75, 3.05) is 10.0 Å². The lowest BCUT2D eigenvalue weighted by Crippen LogP contribution is -2.27. The molecule has 0 saturated heterocycles. The third-order valence-corrected chi connectivity index (χ3v) is 4.60. The monoisotopic (exact) mass is 387 g/mol. The van der Waals surface area contributed by atoms with Crippen LogP contribution in [-0.2, 0) is 12.3 Å². The fourth-order valence-electron chi connectivity index (χ4n) is 2.14. The Balaban J connectivity index is 1.41. The first-order valence-corrected chi connectivity index (χ1v) is 9.30. The average Bonchev–Trinajstić information content (AvgIpc) is 3.17. The molecule has 0 saturated carbocycles. The van der Waals surface area contributed by atoms with E-state index in [1.165, 1.54) is 5.56 Å². The summed E-state index contributed by atoms with van der Waals surface area (Å²) in [7, 11) is 0. The van der Waals surface area contributed by atoms with Gasteiger partial charge in [0.15, 0.2) is 0 Å². The lowest BCUT2D eigenvalue weighted by molar-refractivity contribution is 0.251. The summed E-state index contributed by atoms with van der Waals surface area (Å²) in [6, 6.07) is 15.1. The first-order valence-electron chi connectivity index (χ1n) is 7.94. The van der Waals surface area contributed by atoms with Crippen LogP contribution in [0.2, 0.25) is 5.02 Å². The van der Waals surface area contributed by atoms with E-state index in [0.717, 1.165) is 27.7 Å². The fraction of sp³-hybridized carbons (Fsp3) is 0.111. The Morgan fingerprint density at radius 3 is 2.46 bits per heavy atom. The van der Waals surface area contributed by atoms with E-state index >= 15 is 0 Å². The number of carbonyl (C=O) groups excluding carboxylic acids is 1. The molecule has 0 aliphatic carbocycles. The molecule has 4 N–H and O–H groups in total. The van der Waals surface area contributed by atoms with Crippen molar-refractivity contribution in [2.24, 2.45) is 0 Å². The number of nitrogens with zero attached hydrogens (tertiary/aromatic N) is 1. The summed E-state index contributed by atoms with van der Waals surface area (Å²) in [5, 5.41) is 12.8. The van der Waals surface area contributed by atoms with Crippen molar-refractivity contribution >= 4 is 41.0 Å². The van der Waals surface area contributed by atoms with Gasteiger partial charge in [0.05, 0.1) is 6.20 Å². The third-order valence-electron chi connectivity index (χ3n) is 3.49. The van der Waals surface area contributed by atoms with Crippen LogP contribution in [0.15, 0.2) is 60.9 Å². The topological polar surface area (TPSA) is 81.8 Å². The molecule has 0 radical (unpaired) electrons. The molecule has 0 aliphatic rings.